The number of pyridine rings is 1. The first-order valence-electron chi connectivity index (χ1n) is 7.46. The topological polar surface area (TPSA) is 77.6 Å². The number of methoxy groups -OCH3 is 1. The molecule has 1 fully saturated rings. The van der Waals surface area contributed by atoms with Crippen LogP contribution in [0.15, 0.2) is 47.6 Å². The number of anilines is 1. The molecule has 0 unspecified atom stereocenters. The zero-order chi connectivity index (χ0) is 16.7. The van der Waals surface area contributed by atoms with Crippen LogP contribution in [0, 0.1) is 5.92 Å². The number of hydrogen-bond donors (Lipinski definition) is 1. The van der Waals surface area contributed by atoms with Gasteiger partial charge >= 0.3 is 5.97 Å². The van der Waals surface area contributed by atoms with Crippen LogP contribution in [0.2, 0.25) is 0 Å². The van der Waals surface area contributed by atoms with Crippen LogP contribution in [0.3, 0.4) is 0 Å². The molecule has 0 radical (unpaired) electrons. The normalized spacial score (nSPS) is 13.3. The van der Waals surface area contributed by atoms with Gasteiger partial charge in [-0.25, -0.2) is 4.98 Å². The molecule has 5 heteroatoms. The Kier molecular flexibility index (Phi) is 5.86. The van der Waals surface area contributed by atoms with Crippen LogP contribution in [0.25, 0.3) is 11.1 Å². The van der Waals surface area contributed by atoms with Crippen LogP contribution in [0.1, 0.15) is 18.4 Å². The van der Waals surface area contributed by atoms with Crippen LogP contribution in [-0.2, 0) is 9.53 Å². The Morgan fingerprint density at radius 2 is 2.00 bits per heavy atom. The summed E-state index contributed by atoms with van der Waals surface area (Å²) in [7, 11) is 3.15. The van der Waals surface area contributed by atoms with E-state index < -0.39 is 0 Å². The van der Waals surface area contributed by atoms with E-state index in [1.807, 2.05) is 36.4 Å². The van der Waals surface area contributed by atoms with E-state index in [4.69, 9.17) is 5.73 Å². The van der Waals surface area contributed by atoms with Crippen molar-refractivity contribution in [3.63, 3.8) is 0 Å². The molecule has 0 atom stereocenters. The molecule has 1 heterocycles. The predicted octanol–water partition coefficient (Wildman–Crippen LogP) is 2.95. The molecule has 0 bridgehead atoms. The fraction of sp³-hybridized carbons (Fsp3) is 0.278. The number of nitrogens with two attached hydrogens (primary N) is 1. The van der Waals surface area contributed by atoms with Crippen molar-refractivity contribution in [2.45, 2.75) is 12.8 Å². The number of nitrogens with zero attached hydrogens (tertiary/aromatic N) is 2. The van der Waals surface area contributed by atoms with Crippen molar-refractivity contribution in [1.82, 2.24) is 4.98 Å². The maximum atomic E-state index is 10.4. The monoisotopic (exact) mass is 311 g/mol. The molecular formula is C18H21N3O2. The molecule has 1 saturated carbocycles. The third-order valence-electron chi connectivity index (χ3n) is 3.44. The van der Waals surface area contributed by atoms with Crippen LogP contribution in [-0.4, -0.2) is 31.3 Å². The molecule has 1 aliphatic rings. The smallest absolute Gasteiger partial charge is 0.308 e. The van der Waals surface area contributed by atoms with Gasteiger partial charge in [0.05, 0.1) is 13.0 Å². The quantitative estimate of drug-likeness (QED) is 0.698. The number of carbonyl (C=O) groups is 1. The van der Waals surface area contributed by atoms with Gasteiger partial charge in [0.25, 0.3) is 0 Å². The van der Waals surface area contributed by atoms with E-state index in [-0.39, 0.29) is 11.9 Å². The molecule has 23 heavy (non-hydrogen) atoms. The number of ether oxygens (including phenoxy) is 1. The first-order valence-corrected chi connectivity index (χ1v) is 7.46. The Balaban J connectivity index is 0.000000229. The summed E-state index contributed by atoms with van der Waals surface area (Å²) in [5.74, 6) is 0.718. The first-order chi connectivity index (χ1) is 11.2. The number of hydrogen-bond acceptors (Lipinski definition) is 5. The van der Waals surface area contributed by atoms with E-state index in [0.717, 1.165) is 29.5 Å². The average Bonchev–Trinajstić information content (AvgIpc) is 3.43. The molecule has 3 rings (SSSR count). The summed E-state index contributed by atoms with van der Waals surface area (Å²) in [5.41, 5.74) is 8.77. The molecule has 1 aliphatic carbocycles. The standard InChI is InChI=1S/C13H13N3.C5H8O2/c1-15-8-12-7-11(9-16-13(12)14)10-5-3-2-4-6-10;1-7-5(6)4-2-3-4/h2-9H,1H3,(H2,14,16);4H,2-3H2,1H3. The predicted molar refractivity (Wildman–Crippen MR) is 92.3 cm³/mol. The lowest BCUT2D eigenvalue weighted by Crippen LogP contribution is -2.00. The fourth-order valence-corrected chi connectivity index (χ4v) is 2.01. The molecule has 0 saturated heterocycles. The van der Waals surface area contributed by atoms with Crippen LogP contribution in [0.4, 0.5) is 5.82 Å². The molecule has 2 aromatic rings. The van der Waals surface area contributed by atoms with Gasteiger partial charge in [-0.2, -0.15) is 0 Å². The Morgan fingerprint density at radius 1 is 1.30 bits per heavy atom. The minimum absolute atomic E-state index is 0.0417. The van der Waals surface area contributed by atoms with Crippen LogP contribution < -0.4 is 5.73 Å². The molecule has 2 N–H and O–H groups in total. The molecular weight excluding hydrogens is 290 g/mol. The lowest BCUT2D eigenvalue weighted by atomic mass is 10.1. The first kappa shape index (κ1) is 16.7. The molecule has 0 aliphatic heterocycles. The van der Waals surface area contributed by atoms with Crippen molar-refractivity contribution in [1.29, 1.82) is 0 Å². The van der Waals surface area contributed by atoms with Gasteiger partial charge in [-0.05, 0) is 24.5 Å². The second kappa shape index (κ2) is 8.08. The zero-order valence-corrected chi connectivity index (χ0v) is 13.4. The minimum atomic E-state index is -0.0417. The highest BCUT2D eigenvalue weighted by Crippen LogP contribution is 2.29. The van der Waals surface area contributed by atoms with Gasteiger partial charge in [0.2, 0.25) is 0 Å². The highest BCUT2D eigenvalue weighted by atomic mass is 16.5. The number of carbonyl (C=O) groups excluding carboxylic acids is 1. The van der Waals surface area contributed by atoms with E-state index in [2.05, 4.69) is 14.7 Å². The van der Waals surface area contributed by atoms with Gasteiger partial charge in [-0.15, -0.1) is 0 Å². The lowest BCUT2D eigenvalue weighted by molar-refractivity contribution is -0.142. The SMILES string of the molecule is CN=Cc1cc(-c2ccccc2)cnc1N.COC(=O)C1CC1. The summed E-state index contributed by atoms with van der Waals surface area (Å²) in [6, 6.07) is 12.1. The number of aliphatic imine (C=N–C) groups is 1. The Hall–Kier alpha value is -2.69. The van der Waals surface area contributed by atoms with E-state index >= 15 is 0 Å². The Labute approximate surface area is 136 Å². The van der Waals surface area contributed by atoms with Gasteiger partial charge in [-0.1, -0.05) is 30.3 Å². The summed E-state index contributed by atoms with van der Waals surface area (Å²) in [5, 5.41) is 0. The van der Waals surface area contributed by atoms with Crippen molar-refractivity contribution < 1.29 is 9.53 Å². The minimum Gasteiger partial charge on any atom is -0.469 e. The largest absolute Gasteiger partial charge is 0.469 e. The van der Waals surface area contributed by atoms with Gasteiger partial charge in [0, 0.05) is 30.6 Å². The number of nitrogen functional groups attached to an aromatic ring is 1. The maximum Gasteiger partial charge on any atom is 0.308 e. The highest BCUT2D eigenvalue weighted by molar-refractivity contribution is 5.87. The summed E-state index contributed by atoms with van der Waals surface area (Å²) in [6.07, 6.45) is 5.56. The molecule has 1 aromatic heterocycles. The zero-order valence-electron chi connectivity index (χ0n) is 13.4. The molecule has 0 spiro atoms. The van der Waals surface area contributed by atoms with Gasteiger partial charge < -0.3 is 10.5 Å². The maximum absolute atomic E-state index is 10.4. The van der Waals surface area contributed by atoms with E-state index in [0.29, 0.717) is 5.82 Å². The highest BCUT2D eigenvalue weighted by Gasteiger charge is 2.30. The van der Waals surface area contributed by atoms with Gasteiger partial charge in [-0.3, -0.25) is 9.79 Å². The number of aromatic nitrogens is 1. The third kappa shape index (κ3) is 4.92. The van der Waals surface area contributed by atoms with E-state index in [1.165, 1.54) is 7.11 Å². The Bertz CT molecular complexity index is 680. The van der Waals surface area contributed by atoms with Crippen molar-refractivity contribution in [3.8, 4) is 11.1 Å². The number of esters is 1. The summed E-state index contributed by atoms with van der Waals surface area (Å²) in [4.78, 5) is 18.5. The van der Waals surface area contributed by atoms with Crippen molar-refractivity contribution in [2.24, 2.45) is 10.9 Å². The van der Waals surface area contributed by atoms with Crippen molar-refractivity contribution >= 4 is 18.0 Å². The van der Waals surface area contributed by atoms with Gasteiger partial charge in [0.15, 0.2) is 0 Å². The van der Waals surface area contributed by atoms with Gasteiger partial charge in [0.1, 0.15) is 5.82 Å². The fourth-order valence-electron chi connectivity index (χ4n) is 2.01. The third-order valence-corrected chi connectivity index (χ3v) is 3.44. The second-order valence-corrected chi connectivity index (χ2v) is 5.25. The second-order valence-electron chi connectivity index (χ2n) is 5.25. The lowest BCUT2D eigenvalue weighted by Gasteiger charge is -2.04. The van der Waals surface area contributed by atoms with Crippen LogP contribution in [0.5, 0.6) is 0 Å². The summed E-state index contributed by atoms with van der Waals surface area (Å²) >= 11 is 0. The van der Waals surface area contributed by atoms with Crippen molar-refractivity contribution in [2.75, 3.05) is 19.9 Å². The summed E-state index contributed by atoms with van der Waals surface area (Å²) < 4.78 is 4.44. The van der Waals surface area contributed by atoms with Crippen molar-refractivity contribution in [3.05, 3.63) is 48.2 Å². The molecule has 120 valence electrons. The van der Waals surface area contributed by atoms with Crippen LogP contribution >= 0.6 is 0 Å². The molecule has 5 nitrogen and oxygen atoms in total. The Morgan fingerprint density at radius 3 is 2.52 bits per heavy atom. The van der Waals surface area contributed by atoms with E-state index in [1.54, 1.807) is 19.5 Å². The number of rotatable bonds is 3. The average molecular weight is 311 g/mol. The summed E-state index contributed by atoms with van der Waals surface area (Å²) in [6.45, 7) is 0. The van der Waals surface area contributed by atoms with E-state index in [9.17, 15) is 4.79 Å². The number of benzene rings is 1. The molecule has 1 aromatic carbocycles. The molecule has 0 amide bonds.